The molecule has 0 aliphatic heterocycles. The zero-order chi connectivity index (χ0) is 12.6. The number of nitrogens with zero attached hydrogens (tertiary/aromatic N) is 3. The standard InChI is InChI=1S/C12H15N3O2/c1-7(4-12(16)17)10-6-15-9(3)13-8(2)5-11(15)14-10/h5-7H,4H2,1-3H3,(H,16,17). The Balaban J connectivity index is 2.44. The molecule has 0 fully saturated rings. The summed E-state index contributed by atoms with van der Waals surface area (Å²) >= 11 is 0. The first-order valence-corrected chi connectivity index (χ1v) is 5.52. The number of hydrogen-bond acceptors (Lipinski definition) is 3. The second-order valence-corrected chi connectivity index (χ2v) is 4.34. The number of fused-ring (bicyclic) bond motifs is 1. The van der Waals surface area contributed by atoms with E-state index in [0.29, 0.717) is 0 Å². The smallest absolute Gasteiger partial charge is 0.304 e. The predicted octanol–water partition coefficient (Wildman–Crippen LogP) is 1.92. The molecule has 5 nitrogen and oxygen atoms in total. The monoisotopic (exact) mass is 233 g/mol. The Kier molecular flexibility index (Phi) is 2.83. The second kappa shape index (κ2) is 4.16. The van der Waals surface area contributed by atoms with Gasteiger partial charge in [-0.3, -0.25) is 9.20 Å². The van der Waals surface area contributed by atoms with Gasteiger partial charge in [-0.05, 0) is 13.8 Å². The van der Waals surface area contributed by atoms with Crippen LogP contribution in [0.4, 0.5) is 0 Å². The van der Waals surface area contributed by atoms with Gasteiger partial charge in [0.2, 0.25) is 0 Å². The van der Waals surface area contributed by atoms with Crippen LogP contribution in [-0.2, 0) is 4.79 Å². The van der Waals surface area contributed by atoms with Crippen molar-refractivity contribution in [1.82, 2.24) is 14.4 Å². The fourth-order valence-electron chi connectivity index (χ4n) is 1.91. The van der Waals surface area contributed by atoms with Crippen molar-refractivity contribution in [2.24, 2.45) is 0 Å². The molecule has 0 aromatic carbocycles. The number of hydrogen-bond donors (Lipinski definition) is 1. The Labute approximate surface area is 99.1 Å². The summed E-state index contributed by atoms with van der Waals surface area (Å²) in [6.45, 7) is 5.70. The molecule has 0 saturated heterocycles. The third kappa shape index (κ3) is 2.27. The molecule has 5 heteroatoms. The Morgan fingerprint density at radius 1 is 1.47 bits per heavy atom. The summed E-state index contributed by atoms with van der Waals surface area (Å²) in [4.78, 5) is 19.5. The van der Waals surface area contributed by atoms with Gasteiger partial charge in [-0.2, -0.15) is 0 Å². The van der Waals surface area contributed by atoms with Crippen molar-refractivity contribution >= 4 is 11.6 Å². The molecule has 0 aliphatic carbocycles. The van der Waals surface area contributed by atoms with Crippen LogP contribution in [0.1, 0.15) is 36.5 Å². The number of carboxylic acid groups (broad SMARTS) is 1. The molecule has 90 valence electrons. The first kappa shape index (κ1) is 11.6. The Hall–Kier alpha value is -1.91. The van der Waals surface area contributed by atoms with Gasteiger partial charge in [0.05, 0.1) is 12.1 Å². The topological polar surface area (TPSA) is 67.5 Å². The van der Waals surface area contributed by atoms with Crippen molar-refractivity contribution in [2.45, 2.75) is 33.1 Å². The highest BCUT2D eigenvalue weighted by molar-refractivity contribution is 5.67. The molecule has 1 atom stereocenters. The summed E-state index contributed by atoms with van der Waals surface area (Å²) in [7, 11) is 0. The van der Waals surface area contributed by atoms with Crippen molar-refractivity contribution in [3.05, 3.63) is 29.5 Å². The number of aromatic nitrogens is 3. The number of imidazole rings is 1. The molecule has 0 radical (unpaired) electrons. The van der Waals surface area contributed by atoms with Crippen LogP contribution in [0, 0.1) is 13.8 Å². The fourth-order valence-corrected chi connectivity index (χ4v) is 1.91. The number of aliphatic carboxylic acids is 1. The SMILES string of the molecule is Cc1cc2nc(C(C)CC(=O)O)cn2c(C)n1. The minimum atomic E-state index is -0.805. The molecule has 1 unspecified atom stereocenters. The molecule has 1 N–H and O–H groups in total. The van der Waals surface area contributed by atoms with Gasteiger partial charge in [-0.1, -0.05) is 6.92 Å². The van der Waals surface area contributed by atoms with Crippen molar-refractivity contribution in [3.8, 4) is 0 Å². The number of carboxylic acids is 1. The third-order valence-corrected chi connectivity index (χ3v) is 2.76. The molecule has 2 heterocycles. The Bertz CT molecular complexity index is 574. The normalized spacial score (nSPS) is 12.9. The molecule has 0 saturated carbocycles. The van der Waals surface area contributed by atoms with Crippen molar-refractivity contribution in [1.29, 1.82) is 0 Å². The van der Waals surface area contributed by atoms with Gasteiger partial charge in [0.25, 0.3) is 0 Å². The average Bonchev–Trinajstić information content (AvgIpc) is 2.60. The summed E-state index contributed by atoms with van der Waals surface area (Å²) in [5.74, 6) is -0.0334. The molecule has 0 bridgehead atoms. The van der Waals surface area contributed by atoms with Crippen LogP contribution in [-0.4, -0.2) is 25.4 Å². The van der Waals surface area contributed by atoms with Gasteiger partial charge in [0.15, 0.2) is 0 Å². The van der Waals surface area contributed by atoms with E-state index in [1.807, 2.05) is 37.4 Å². The van der Waals surface area contributed by atoms with Gasteiger partial charge in [0, 0.05) is 23.9 Å². The summed E-state index contributed by atoms with van der Waals surface area (Å²) in [6.07, 6.45) is 1.96. The van der Waals surface area contributed by atoms with E-state index in [9.17, 15) is 4.79 Å². The number of aryl methyl sites for hydroxylation is 2. The van der Waals surface area contributed by atoms with Crippen LogP contribution >= 0.6 is 0 Å². The minimum absolute atomic E-state index is 0.0906. The van der Waals surface area contributed by atoms with Crippen LogP contribution in [0.25, 0.3) is 5.65 Å². The Morgan fingerprint density at radius 3 is 2.82 bits per heavy atom. The molecule has 0 spiro atoms. The van der Waals surface area contributed by atoms with Crippen molar-refractivity contribution in [3.63, 3.8) is 0 Å². The van der Waals surface area contributed by atoms with Crippen LogP contribution in [0.5, 0.6) is 0 Å². The summed E-state index contributed by atoms with van der Waals surface area (Å²) < 4.78 is 1.89. The average molecular weight is 233 g/mol. The summed E-state index contributed by atoms with van der Waals surface area (Å²) in [6, 6.07) is 1.89. The van der Waals surface area contributed by atoms with E-state index < -0.39 is 5.97 Å². The van der Waals surface area contributed by atoms with Crippen LogP contribution in [0.15, 0.2) is 12.3 Å². The van der Waals surface area contributed by atoms with Gasteiger partial charge < -0.3 is 5.11 Å². The van der Waals surface area contributed by atoms with Crippen LogP contribution < -0.4 is 0 Å². The largest absolute Gasteiger partial charge is 0.481 e. The molecule has 0 amide bonds. The van der Waals surface area contributed by atoms with Crippen molar-refractivity contribution in [2.75, 3.05) is 0 Å². The molecular formula is C12H15N3O2. The van der Waals surface area contributed by atoms with Crippen molar-refractivity contribution < 1.29 is 9.90 Å². The first-order chi connectivity index (χ1) is 7.97. The highest BCUT2D eigenvalue weighted by atomic mass is 16.4. The lowest BCUT2D eigenvalue weighted by molar-refractivity contribution is -0.137. The van der Waals surface area contributed by atoms with E-state index in [1.54, 1.807) is 0 Å². The third-order valence-electron chi connectivity index (χ3n) is 2.76. The highest BCUT2D eigenvalue weighted by Crippen LogP contribution is 2.19. The maximum absolute atomic E-state index is 10.7. The van der Waals surface area contributed by atoms with Gasteiger partial charge in [-0.15, -0.1) is 0 Å². The number of rotatable bonds is 3. The summed E-state index contributed by atoms with van der Waals surface area (Å²) in [5.41, 5.74) is 2.53. The molecule has 2 aromatic rings. The minimum Gasteiger partial charge on any atom is -0.481 e. The van der Waals surface area contributed by atoms with E-state index in [0.717, 1.165) is 22.9 Å². The van der Waals surface area contributed by atoms with E-state index >= 15 is 0 Å². The molecule has 0 aliphatic rings. The van der Waals surface area contributed by atoms with E-state index in [1.165, 1.54) is 0 Å². The lowest BCUT2D eigenvalue weighted by Gasteiger charge is -2.02. The molecule has 2 aromatic heterocycles. The van der Waals surface area contributed by atoms with E-state index in [4.69, 9.17) is 5.11 Å². The fraction of sp³-hybridized carbons (Fsp3) is 0.417. The maximum Gasteiger partial charge on any atom is 0.304 e. The van der Waals surface area contributed by atoms with E-state index in [-0.39, 0.29) is 12.3 Å². The highest BCUT2D eigenvalue weighted by Gasteiger charge is 2.14. The maximum atomic E-state index is 10.7. The first-order valence-electron chi connectivity index (χ1n) is 5.52. The molecule has 2 rings (SSSR count). The van der Waals surface area contributed by atoms with Crippen LogP contribution in [0.3, 0.4) is 0 Å². The lowest BCUT2D eigenvalue weighted by Crippen LogP contribution is -2.02. The van der Waals surface area contributed by atoms with Crippen LogP contribution in [0.2, 0.25) is 0 Å². The van der Waals surface area contributed by atoms with Gasteiger partial charge in [0.1, 0.15) is 11.5 Å². The number of carbonyl (C=O) groups is 1. The quantitative estimate of drug-likeness (QED) is 0.879. The van der Waals surface area contributed by atoms with E-state index in [2.05, 4.69) is 9.97 Å². The van der Waals surface area contributed by atoms with Gasteiger partial charge in [-0.25, -0.2) is 9.97 Å². The lowest BCUT2D eigenvalue weighted by atomic mass is 10.1. The molecule has 17 heavy (non-hydrogen) atoms. The van der Waals surface area contributed by atoms with Gasteiger partial charge >= 0.3 is 5.97 Å². The molecular weight excluding hydrogens is 218 g/mol. The Morgan fingerprint density at radius 2 is 2.18 bits per heavy atom. The predicted molar refractivity (Wildman–Crippen MR) is 63.1 cm³/mol. The summed E-state index contributed by atoms with van der Waals surface area (Å²) in [5, 5.41) is 8.77. The zero-order valence-electron chi connectivity index (χ0n) is 10.1. The second-order valence-electron chi connectivity index (χ2n) is 4.34. The zero-order valence-corrected chi connectivity index (χ0v) is 10.1.